The van der Waals surface area contributed by atoms with Crippen LogP contribution in [0.2, 0.25) is 0 Å². The number of hydrogen-bond donors (Lipinski definition) is 0. The maximum atomic E-state index is 4.19. The summed E-state index contributed by atoms with van der Waals surface area (Å²) in [6, 6.07) is 0. The van der Waals surface area contributed by atoms with Crippen molar-refractivity contribution in [1.29, 1.82) is 0 Å². The first-order valence-electron chi connectivity index (χ1n) is 14.2. The van der Waals surface area contributed by atoms with Gasteiger partial charge in [0, 0.05) is 0 Å². The summed E-state index contributed by atoms with van der Waals surface area (Å²) in [5.74, 6) is 4.76. The van der Waals surface area contributed by atoms with E-state index < -0.39 is 0 Å². The van der Waals surface area contributed by atoms with Gasteiger partial charge in [-0.25, -0.2) is 0 Å². The fourth-order valence-corrected chi connectivity index (χ4v) is 4.82. The summed E-state index contributed by atoms with van der Waals surface area (Å²) in [5.41, 5.74) is 0.747. The standard InChI is InChI=1S/3C11H23.Cr/c3*1-7-10(8-9(2)3)11(4,5)6;/h3*9-10H,4,7-8H2,1-3,5-6H3;/q3*-1;+3. The fraction of sp³-hybridized carbons (Fsp3) is 0.909. The molecule has 0 fully saturated rings. The van der Waals surface area contributed by atoms with Gasteiger partial charge < -0.3 is 20.8 Å². The van der Waals surface area contributed by atoms with Crippen LogP contribution in [0.25, 0.3) is 0 Å². The van der Waals surface area contributed by atoms with E-state index in [1.54, 1.807) is 0 Å². The summed E-state index contributed by atoms with van der Waals surface area (Å²) in [7, 11) is 0. The van der Waals surface area contributed by atoms with Crippen molar-refractivity contribution in [3.63, 3.8) is 0 Å². The third-order valence-electron chi connectivity index (χ3n) is 7.06. The van der Waals surface area contributed by atoms with Crippen LogP contribution in [0.15, 0.2) is 0 Å². The third kappa shape index (κ3) is 24.2. The zero-order valence-corrected chi connectivity index (χ0v) is 28.0. The first-order valence-corrected chi connectivity index (χ1v) is 14.2. The molecule has 0 aromatic heterocycles. The summed E-state index contributed by atoms with van der Waals surface area (Å²) in [6.07, 6.45) is 7.71. The minimum absolute atomic E-state index is 0. The van der Waals surface area contributed by atoms with E-state index in [9.17, 15) is 0 Å². The molecule has 34 heavy (non-hydrogen) atoms. The summed E-state index contributed by atoms with van der Waals surface area (Å²) in [5, 5.41) is 0. The van der Waals surface area contributed by atoms with Gasteiger partial charge in [0.25, 0.3) is 0 Å². The zero-order chi connectivity index (χ0) is 27.2. The molecule has 3 atom stereocenters. The predicted octanol–water partition coefficient (Wildman–Crippen LogP) is 11.8. The molecule has 0 heterocycles. The van der Waals surface area contributed by atoms with Crippen molar-refractivity contribution in [3.8, 4) is 0 Å². The molecule has 0 bridgehead atoms. The van der Waals surface area contributed by atoms with E-state index in [-0.39, 0.29) is 33.6 Å². The van der Waals surface area contributed by atoms with Gasteiger partial charge in [-0.1, -0.05) is 160 Å². The number of hydrogen-bond acceptors (Lipinski definition) is 0. The molecule has 0 nitrogen and oxygen atoms in total. The van der Waals surface area contributed by atoms with E-state index in [1.165, 1.54) is 38.5 Å². The van der Waals surface area contributed by atoms with E-state index in [4.69, 9.17) is 0 Å². The van der Waals surface area contributed by atoms with Gasteiger partial charge in [0.1, 0.15) is 0 Å². The molecule has 0 aliphatic rings. The molecule has 207 valence electrons. The second kappa shape index (κ2) is 19.6. The zero-order valence-electron chi connectivity index (χ0n) is 26.7. The predicted molar refractivity (Wildman–Crippen MR) is 157 cm³/mol. The summed E-state index contributed by atoms with van der Waals surface area (Å²) in [4.78, 5) is 0. The van der Waals surface area contributed by atoms with Gasteiger partial charge in [-0.15, -0.1) is 0 Å². The molecule has 0 saturated carbocycles. The molecule has 3 unspecified atom stereocenters. The molecule has 0 spiro atoms. The maximum absolute atomic E-state index is 4.19. The van der Waals surface area contributed by atoms with E-state index in [1.807, 2.05) is 0 Å². The van der Waals surface area contributed by atoms with Crippen molar-refractivity contribution >= 4 is 0 Å². The normalized spacial score (nSPS) is 15.1. The molecule has 1 radical (unpaired) electrons. The van der Waals surface area contributed by atoms with Crippen molar-refractivity contribution in [2.75, 3.05) is 0 Å². The number of rotatable bonds is 12. The Morgan fingerprint density at radius 3 is 0.618 bits per heavy atom. The SMILES string of the molecule is [CH2-]C(C)(C)C(CC)CC(C)C.[CH2-]C(C)(C)C(CC)CC(C)C.[CH2-]C(C)(C)C(CC)CC(C)C.[Cr+3]. The van der Waals surface area contributed by atoms with Gasteiger partial charge in [0.05, 0.1) is 0 Å². The van der Waals surface area contributed by atoms with E-state index in [0.717, 1.165) is 35.5 Å². The average Bonchev–Trinajstić information content (AvgIpc) is 2.59. The van der Waals surface area contributed by atoms with Gasteiger partial charge >= 0.3 is 17.4 Å². The molecular formula is C33H69Cr. The molecule has 0 aliphatic heterocycles. The van der Waals surface area contributed by atoms with E-state index in [2.05, 4.69) is 125 Å². The van der Waals surface area contributed by atoms with Crippen LogP contribution in [0, 0.1) is 72.5 Å². The third-order valence-corrected chi connectivity index (χ3v) is 7.06. The minimum Gasteiger partial charge on any atom is -0.337 e. The summed E-state index contributed by atoms with van der Waals surface area (Å²) >= 11 is 0. The Balaban J connectivity index is -0.000000196. The van der Waals surface area contributed by atoms with Crippen molar-refractivity contribution in [3.05, 3.63) is 20.8 Å². The van der Waals surface area contributed by atoms with Crippen LogP contribution in [0.1, 0.15) is 142 Å². The van der Waals surface area contributed by atoms with Crippen LogP contribution in [0.3, 0.4) is 0 Å². The van der Waals surface area contributed by atoms with E-state index in [0.29, 0.717) is 0 Å². The van der Waals surface area contributed by atoms with E-state index >= 15 is 0 Å². The first kappa shape index (κ1) is 41.7. The molecule has 0 rings (SSSR count). The Labute approximate surface area is 231 Å². The van der Waals surface area contributed by atoms with Crippen LogP contribution in [-0.2, 0) is 17.4 Å². The monoisotopic (exact) mass is 517 g/mol. The molecule has 0 amide bonds. The van der Waals surface area contributed by atoms with Crippen LogP contribution in [0.5, 0.6) is 0 Å². The molecular weight excluding hydrogens is 448 g/mol. The minimum atomic E-state index is 0. The second-order valence-electron chi connectivity index (χ2n) is 14.2. The second-order valence-corrected chi connectivity index (χ2v) is 14.2. The Kier molecular flexibility index (Phi) is 24.0. The van der Waals surface area contributed by atoms with Gasteiger partial charge in [-0.2, -0.15) is 16.2 Å². The van der Waals surface area contributed by atoms with Crippen molar-refractivity contribution in [2.45, 2.75) is 142 Å². The van der Waals surface area contributed by atoms with Crippen LogP contribution in [0.4, 0.5) is 0 Å². The van der Waals surface area contributed by atoms with Crippen molar-refractivity contribution < 1.29 is 17.4 Å². The molecule has 0 aromatic carbocycles. The molecule has 0 aromatic rings. The van der Waals surface area contributed by atoms with Gasteiger partial charge in [0.2, 0.25) is 0 Å². The Bertz CT molecular complexity index is 358. The van der Waals surface area contributed by atoms with Crippen molar-refractivity contribution in [1.82, 2.24) is 0 Å². The largest absolute Gasteiger partial charge is 3.00 e. The Morgan fingerprint density at radius 1 is 0.441 bits per heavy atom. The van der Waals surface area contributed by atoms with Gasteiger partial charge in [-0.05, 0) is 17.8 Å². The quantitative estimate of drug-likeness (QED) is 0.226. The summed E-state index contributed by atoms with van der Waals surface area (Å²) < 4.78 is 0. The molecule has 0 aliphatic carbocycles. The molecule has 1 heteroatoms. The summed E-state index contributed by atoms with van der Waals surface area (Å²) in [6.45, 7) is 46.5. The van der Waals surface area contributed by atoms with Gasteiger partial charge in [0.15, 0.2) is 0 Å². The fourth-order valence-electron chi connectivity index (χ4n) is 4.82. The average molecular weight is 518 g/mol. The molecule has 0 N–H and O–H groups in total. The van der Waals surface area contributed by atoms with Crippen LogP contribution < -0.4 is 0 Å². The van der Waals surface area contributed by atoms with Gasteiger partial charge in [-0.3, -0.25) is 0 Å². The first-order chi connectivity index (χ1) is 14.6. The topological polar surface area (TPSA) is 0 Å². The maximum Gasteiger partial charge on any atom is 3.00 e. The van der Waals surface area contributed by atoms with Crippen LogP contribution in [-0.4, -0.2) is 0 Å². The smallest absolute Gasteiger partial charge is 0.337 e. The van der Waals surface area contributed by atoms with Crippen molar-refractivity contribution in [2.24, 2.45) is 51.8 Å². The Morgan fingerprint density at radius 2 is 0.588 bits per heavy atom. The Hall–Kier alpha value is 0.532. The van der Waals surface area contributed by atoms with Crippen LogP contribution >= 0.6 is 0 Å². The molecule has 0 saturated heterocycles.